The van der Waals surface area contributed by atoms with E-state index < -0.39 is 6.04 Å². The Balaban J connectivity index is 4.35. The zero-order valence-corrected chi connectivity index (χ0v) is 10.7. The first-order chi connectivity index (χ1) is 7.47. The van der Waals surface area contributed by atoms with Gasteiger partial charge in [0.25, 0.3) is 0 Å². The lowest BCUT2D eigenvalue weighted by atomic mass is 10.2. The van der Waals surface area contributed by atoms with Gasteiger partial charge in [-0.15, -0.1) is 0 Å². The summed E-state index contributed by atoms with van der Waals surface area (Å²) in [7, 11) is 3.08. The van der Waals surface area contributed by atoms with Crippen molar-refractivity contribution in [1.29, 1.82) is 0 Å². The van der Waals surface area contributed by atoms with Crippen molar-refractivity contribution in [2.24, 2.45) is 0 Å². The molecule has 0 aliphatic carbocycles. The van der Waals surface area contributed by atoms with Gasteiger partial charge in [0.1, 0.15) is 6.04 Å². The molecular weight excluding hydrogens is 208 g/mol. The van der Waals surface area contributed by atoms with E-state index in [2.05, 4.69) is 10.1 Å². The van der Waals surface area contributed by atoms with Crippen molar-refractivity contribution in [2.75, 3.05) is 20.7 Å². The smallest absolute Gasteiger partial charge is 0.322 e. The van der Waals surface area contributed by atoms with E-state index in [4.69, 9.17) is 0 Å². The van der Waals surface area contributed by atoms with E-state index in [9.17, 15) is 9.59 Å². The highest BCUT2D eigenvalue weighted by atomic mass is 16.5. The fraction of sp³-hybridized carbons (Fsp3) is 0.818. The molecule has 0 aromatic heterocycles. The van der Waals surface area contributed by atoms with Gasteiger partial charge < -0.3 is 9.64 Å². The van der Waals surface area contributed by atoms with Gasteiger partial charge in [-0.2, -0.15) is 0 Å². The molecule has 0 aromatic rings. The number of hydrogen-bond donors (Lipinski definition) is 1. The van der Waals surface area contributed by atoms with Gasteiger partial charge in [-0.05, 0) is 20.3 Å². The first kappa shape index (κ1) is 14.9. The van der Waals surface area contributed by atoms with E-state index in [0.29, 0.717) is 13.0 Å². The highest BCUT2D eigenvalue weighted by Gasteiger charge is 2.23. The van der Waals surface area contributed by atoms with E-state index in [1.807, 2.05) is 13.8 Å². The molecule has 5 nitrogen and oxygen atoms in total. The number of hydrogen-bond acceptors (Lipinski definition) is 4. The minimum Gasteiger partial charge on any atom is -0.468 e. The summed E-state index contributed by atoms with van der Waals surface area (Å²) in [5, 5.41) is 2.97. The molecule has 0 fully saturated rings. The number of nitrogens with one attached hydrogen (secondary N) is 1. The molecule has 2 unspecified atom stereocenters. The third kappa shape index (κ3) is 4.18. The topological polar surface area (TPSA) is 58.6 Å². The van der Waals surface area contributed by atoms with Crippen molar-refractivity contribution in [2.45, 2.75) is 39.3 Å². The van der Waals surface area contributed by atoms with Crippen molar-refractivity contribution in [1.82, 2.24) is 10.2 Å². The summed E-state index contributed by atoms with van der Waals surface area (Å²) >= 11 is 0. The SMILES string of the molecule is CCC(NC(C)C(=O)N(C)CC)C(=O)OC. The molecule has 94 valence electrons. The van der Waals surface area contributed by atoms with Crippen molar-refractivity contribution in [3.05, 3.63) is 0 Å². The van der Waals surface area contributed by atoms with Crippen molar-refractivity contribution in [3.63, 3.8) is 0 Å². The fourth-order valence-corrected chi connectivity index (χ4v) is 1.35. The van der Waals surface area contributed by atoms with Crippen LogP contribution in [-0.2, 0) is 14.3 Å². The molecule has 0 heterocycles. The number of ether oxygens (including phenoxy) is 1. The molecule has 0 aromatic carbocycles. The van der Waals surface area contributed by atoms with Crippen LogP contribution in [0.5, 0.6) is 0 Å². The second-order valence-electron chi connectivity index (χ2n) is 3.72. The molecule has 0 bridgehead atoms. The Hall–Kier alpha value is -1.10. The summed E-state index contributed by atoms with van der Waals surface area (Å²) in [5.41, 5.74) is 0. The van der Waals surface area contributed by atoms with Crippen molar-refractivity contribution in [3.8, 4) is 0 Å². The minimum absolute atomic E-state index is 0.0233. The Bertz CT molecular complexity index is 243. The summed E-state index contributed by atoms with van der Waals surface area (Å²) in [6.45, 7) is 6.18. The summed E-state index contributed by atoms with van der Waals surface area (Å²) in [4.78, 5) is 24.7. The maximum atomic E-state index is 11.7. The van der Waals surface area contributed by atoms with E-state index in [1.165, 1.54) is 7.11 Å². The third-order valence-corrected chi connectivity index (χ3v) is 2.57. The molecule has 0 spiro atoms. The molecule has 0 saturated carbocycles. The van der Waals surface area contributed by atoms with Crippen molar-refractivity contribution < 1.29 is 14.3 Å². The number of rotatable bonds is 6. The van der Waals surface area contributed by atoms with Crippen molar-refractivity contribution >= 4 is 11.9 Å². The van der Waals surface area contributed by atoms with Crippen LogP contribution in [0.25, 0.3) is 0 Å². The predicted molar refractivity (Wildman–Crippen MR) is 62.0 cm³/mol. The van der Waals surface area contributed by atoms with Crippen LogP contribution < -0.4 is 5.32 Å². The van der Waals surface area contributed by atoms with Gasteiger partial charge >= 0.3 is 5.97 Å². The Morgan fingerprint density at radius 1 is 1.38 bits per heavy atom. The first-order valence-electron chi connectivity index (χ1n) is 5.56. The highest BCUT2D eigenvalue weighted by molar-refractivity contribution is 5.82. The number of esters is 1. The maximum absolute atomic E-state index is 11.7. The van der Waals surface area contributed by atoms with E-state index in [1.54, 1.807) is 18.9 Å². The Kier molecular flexibility index (Phi) is 6.72. The minimum atomic E-state index is -0.422. The molecule has 1 N–H and O–H groups in total. The average Bonchev–Trinajstić information content (AvgIpc) is 2.32. The zero-order valence-electron chi connectivity index (χ0n) is 10.7. The van der Waals surface area contributed by atoms with Crippen LogP contribution >= 0.6 is 0 Å². The summed E-state index contributed by atoms with van der Waals surface area (Å²) in [5.74, 6) is -0.355. The number of likely N-dealkylation sites (N-methyl/N-ethyl adjacent to an activating group) is 1. The van der Waals surface area contributed by atoms with Crippen LogP contribution in [0.4, 0.5) is 0 Å². The molecule has 0 aliphatic heterocycles. The maximum Gasteiger partial charge on any atom is 0.322 e. The Morgan fingerprint density at radius 2 is 1.94 bits per heavy atom. The van der Waals surface area contributed by atoms with Crippen LogP contribution in [0.15, 0.2) is 0 Å². The molecule has 0 radical (unpaired) electrons. The standard InChI is InChI=1S/C11H22N2O3/c1-6-9(11(15)16-5)12-8(3)10(14)13(4)7-2/h8-9,12H,6-7H2,1-5H3. The van der Waals surface area contributed by atoms with Crippen LogP contribution in [-0.4, -0.2) is 49.6 Å². The fourth-order valence-electron chi connectivity index (χ4n) is 1.35. The van der Waals surface area contributed by atoms with E-state index in [-0.39, 0.29) is 17.9 Å². The normalized spacial score (nSPS) is 14.1. The molecular formula is C11H22N2O3. The van der Waals surface area contributed by atoms with Crippen LogP contribution in [0.3, 0.4) is 0 Å². The van der Waals surface area contributed by atoms with Gasteiger partial charge in [-0.25, -0.2) is 0 Å². The molecule has 0 aliphatic rings. The van der Waals surface area contributed by atoms with Gasteiger partial charge in [0.05, 0.1) is 13.2 Å². The lowest BCUT2D eigenvalue weighted by Gasteiger charge is -2.23. The summed E-state index contributed by atoms with van der Waals surface area (Å²) in [6.07, 6.45) is 0.597. The molecule has 1 amide bonds. The average molecular weight is 230 g/mol. The van der Waals surface area contributed by atoms with Crippen LogP contribution in [0, 0.1) is 0 Å². The van der Waals surface area contributed by atoms with Crippen LogP contribution in [0.2, 0.25) is 0 Å². The number of methoxy groups -OCH3 is 1. The van der Waals surface area contributed by atoms with Gasteiger partial charge in [-0.3, -0.25) is 14.9 Å². The van der Waals surface area contributed by atoms with Gasteiger partial charge in [-0.1, -0.05) is 6.92 Å². The number of amides is 1. The number of carbonyl (C=O) groups excluding carboxylic acids is 2. The summed E-state index contributed by atoms with van der Waals surface area (Å²) < 4.78 is 4.64. The molecule has 0 saturated heterocycles. The van der Waals surface area contributed by atoms with Gasteiger partial charge in [0.2, 0.25) is 5.91 Å². The second kappa shape index (κ2) is 7.22. The molecule has 0 rings (SSSR count). The zero-order chi connectivity index (χ0) is 12.7. The first-order valence-corrected chi connectivity index (χ1v) is 5.56. The Labute approximate surface area is 97.1 Å². The predicted octanol–water partition coefficient (Wildman–Crippen LogP) is 0.394. The van der Waals surface area contributed by atoms with E-state index in [0.717, 1.165) is 0 Å². The number of nitrogens with zero attached hydrogens (tertiary/aromatic N) is 1. The third-order valence-electron chi connectivity index (χ3n) is 2.57. The van der Waals surface area contributed by atoms with Crippen LogP contribution in [0.1, 0.15) is 27.2 Å². The van der Waals surface area contributed by atoms with Gasteiger partial charge in [0.15, 0.2) is 0 Å². The largest absolute Gasteiger partial charge is 0.468 e. The molecule has 2 atom stereocenters. The summed E-state index contributed by atoms with van der Waals surface area (Å²) in [6, 6.07) is -0.803. The molecule has 16 heavy (non-hydrogen) atoms. The quantitative estimate of drug-likeness (QED) is 0.671. The molecule has 5 heteroatoms. The van der Waals surface area contributed by atoms with E-state index >= 15 is 0 Å². The lowest BCUT2D eigenvalue weighted by molar-refractivity contribution is -0.143. The van der Waals surface area contributed by atoms with Gasteiger partial charge in [0, 0.05) is 13.6 Å². The Morgan fingerprint density at radius 3 is 2.31 bits per heavy atom. The monoisotopic (exact) mass is 230 g/mol. The highest BCUT2D eigenvalue weighted by Crippen LogP contribution is 1.99. The number of carbonyl (C=O) groups is 2. The second-order valence-corrected chi connectivity index (χ2v) is 3.72. The lowest BCUT2D eigenvalue weighted by Crippen LogP contribution is -2.49.